The van der Waals surface area contributed by atoms with E-state index in [1.54, 1.807) is 13.8 Å². The average Bonchev–Trinajstić information content (AvgIpc) is 2.73. The first-order valence-electron chi connectivity index (χ1n) is 8.60. The second-order valence-corrected chi connectivity index (χ2v) is 5.19. The van der Waals surface area contributed by atoms with Gasteiger partial charge in [-0.3, -0.25) is 0 Å². The summed E-state index contributed by atoms with van der Waals surface area (Å²) in [4.78, 5) is 29.2. The standard InChI is InChI=1S/C18H20N6O6/c1-5-29-17(25)13(21-23-19)9-11-7-8-12(16(28-4)15(11)27-3)10-14(22-24-20)18(26)30-6-2/h7-10H,5-6H2,1-4H3/b13-9-,14-10-. The van der Waals surface area contributed by atoms with Crippen LogP contribution >= 0.6 is 0 Å². The monoisotopic (exact) mass is 416 g/mol. The van der Waals surface area contributed by atoms with Crippen LogP contribution in [0.4, 0.5) is 0 Å². The van der Waals surface area contributed by atoms with Gasteiger partial charge in [0.2, 0.25) is 0 Å². The lowest BCUT2D eigenvalue weighted by molar-refractivity contribution is -0.139. The Morgan fingerprint density at radius 1 is 0.867 bits per heavy atom. The van der Waals surface area contributed by atoms with Crippen LogP contribution in [0.5, 0.6) is 11.5 Å². The van der Waals surface area contributed by atoms with E-state index in [-0.39, 0.29) is 36.1 Å². The number of nitrogens with zero attached hydrogens (tertiary/aromatic N) is 6. The summed E-state index contributed by atoms with van der Waals surface area (Å²) in [5.41, 5.74) is 17.5. The molecule has 0 unspecified atom stereocenters. The molecule has 0 aliphatic carbocycles. The van der Waals surface area contributed by atoms with Crippen molar-refractivity contribution in [2.24, 2.45) is 10.2 Å². The van der Waals surface area contributed by atoms with Gasteiger partial charge in [-0.15, -0.1) is 0 Å². The average molecular weight is 416 g/mol. The third kappa shape index (κ3) is 6.20. The Morgan fingerprint density at radius 3 is 1.50 bits per heavy atom. The molecule has 0 amide bonds. The Bertz CT molecular complexity index is 881. The van der Waals surface area contributed by atoms with Crippen LogP contribution in [0.2, 0.25) is 0 Å². The quantitative estimate of drug-likeness (QED) is 0.182. The van der Waals surface area contributed by atoms with E-state index in [1.807, 2.05) is 0 Å². The molecule has 0 N–H and O–H groups in total. The summed E-state index contributed by atoms with van der Waals surface area (Å²) in [6.45, 7) is 3.41. The maximum atomic E-state index is 12.0. The smallest absolute Gasteiger partial charge is 0.340 e. The van der Waals surface area contributed by atoms with Gasteiger partial charge >= 0.3 is 11.9 Å². The number of rotatable bonds is 10. The number of hydrogen-bond donors (Lipinski definition) is 0. The molecule has 0 fully saturated rings. The van der Waals surface area contributed by atoms with E-state index in [0.29, 0.717) is 11.1 Å². The first kappa shape index (κ1) is 23.9. The molecule has 0 heterocycles. The predicted octanol–water partition coefficient (Wildman–Crippen LogP) is 4.13. The maximum Gasteiger partial charge on any atom is 0.340 e. The van der Waals surface area contributed by atoms with Crippen molar-refractivity contribution in [3.63, 3.8) is 0 Å². The van der Waals surface area contributed by atoms with Crippen molar-refractivity contribution in [3.05, 3.63) is 55.5 Å². The highest BCUT2D eigenvalue weighted by Gasteiger charge is 2.18. The highest BCUT2D eigenvalue weighted by Crippen LogP contribution is 2.37. The molecule has 0 aliphatic rings. The summed E-state index contributed by atoms with van der Waals surface area (Å²) < 4.78 is 20.5. The van der Waals surface area contributed by atoms with Crippen LogP contribution in [-0.4, -0.2) is 39.4 Å². The number of esters is 2. The summed E-state index contributed by atoms with van der Waals surface area (Å²) in [7, 11) is 2.72. The number of carbonyl (C=O) groups excluding carboxylic acids is 2. The Kier molecular flexibility index (Phi) is 9.83. The number of hydrogen-bond acceptors (Lipinski definition) is 8. The van der Waals surface area contributed by atoms with Crippen molar-refractivity contribution in [2.75, 3.05) is 27.4 Å². The molecule has 158 valence electrons. The van der Waals surface area contributed by atoms with E-state index in [0.717, 1.165) is 0 Å². The third-order valence-corrected chi connectivity index (χ3v) is 3.44. The van der Waals surface area contributed by atoms with Crippen LogP contribution < -0.4 is 9.47 Å². The molecule has 0 aliphatic heterocycles. The normalized spacial score (nSPS) is 10.9. The molecular weight excluding hydrogens is 396 g/mol. The van der Waals surface area contributed by atoms with Gasteiger partial charge in [0, 0.05) is 21.0 Å². The van der Waals surface area contributed by atoms with Gasteiger partial charge in [0.1, 0.15) is 11.4 Å². The first-order chi connectivity index (χ1) is 14.5. The van der Waals surface area contributed by atoms with Gasteiger partial charge in [-0.25, -0.2) is 9.59 Å². The van der Waals surface area contributed by atoms with Gasteiger partial charge < -0.3 is 18.9 Å². The molecular formula is C18H20N6O6. The molecule has 0 saturated carbocycles. The largest absolute Gasteiger partial charge is 0.492 e. The van der Waals surface area contributed by atoms with Crippen LogP contribution in [0.25, 0.3) is 33.0 Å². The van der Waals surface area contributed by atoms with Gasteiger partial charge in [-0.05, 0) is 37.1 Å². The first-order valence-corrected chi connectivity index (χ1v) is 8.60. The zero-order chi connectivity index (χ0) is 22.5. The zero-order valence-corrected chi connectivity index (χ0v) is 16.9. The molecule has 12 heteroatoms. The third-order valence-electron chi connectivity index (χ3n) is 3.44. The minimum absolute atomic E-state index is 0.0946. The summed E-state index contributed by atoms with van der Waals surface area (Å²) in [5.74, 6) is -1.28. The number of methoxy groups -OCH3 is 2. The molecule has 30 heavy (non-hydrogen) atoms. The summed E-state index contributed by atoms with van der Waals surface area (Å²) >= 11 is 0. The lowest BCUT2D eigenvalue weighted by Gasteiger charge is -2.14. The van der Waals surface area contributed by atoms with Crippen molar-refractivity contribution < 1.29 is 28.5 Å². The van der Waals surface area contributed by atoms with Crippen LogP contribution in [-0.2, 0) is 19.1 Å². The molecule has 0 spiro atoms. The molecule has 1 aromatic carbocycles. The highest BCUT2D eigenvalue weighted by molar-refractivity contribution is 5.95. The molecule has 0 radical (unpaired) electrons. The number of ether oxygens (including phenoxy) is 4. The SMILES string of the molecule is CCOC(=O)/C(=C/c1ccc(/C=C(\N=[N+]=[N-])C(=O)OCC)c(OC)c1OC)N=[N+]=[N-]. The fraction of sp³-hybridized carbons (Fsp3) is 0.333. The summed E-state index contributed by atoms with van der Waals surface area (Å²) in [5, 5.41) is 6.70. The van der Waals surface area contributed by atoms with E-state index in [1.165, 1.54) is 38.5 Å². The number of benzene rings is 1. The summed E-state index contributed by atoms with van der Waals surface area (Å²) in [6.07, 6.45) is 2.54. The summed E-state index contributed by atoms with van der Waals surface area (Å²) in [6, 6.07) is 3.05. The van der Waals surface area contributed by atoms with Gasteiger partial charge in [-0.2, -0.15) is 0 Å². The fourth-order valence-electron chi connectivity index (χ4n) is 2.30. The predicted molar refractivity (Wildman–Crippen MR) is 107 cm³/mol. The minimum Gasteiger partial charge on any atom is -0.492 e. The van der Waals surface area contributed by atoms with E-state index in [2.05, 4.69) is 20.1 Å². The Labute approximate surface area is 171 Å². The molecule has 12 nitrogen and oxygen atoms in total. The van der Waals surface area contributed by atoms with Crippen molar-refractivity contribution in [3.8, 4) is 11.5 Å². The Hall–Kier alpha value is -4.14. The van der Waals surface area contributed by atoms with Gasteiger partial charge in [-0.1, -0.05) is 22.4 Å². The molecule has 0 bridgehead atoms. The lowest BCUT2D eigenvalue weighted by atomic mass is 10.1. The van der Waals surface area contributed by atoms with Gasteiger partial charge in [0.15, 0.2) is 11.5 Å². The second kappa shape index (κ2) is 12.3. The van der Waals surface area contributed by atoms with E-state index in [4.69, 9.17) is 30.0 Å². The van der Waals surface area contributed by atoms with E-state index >= 15 is 0 Å². The Balaban J connectivity index is 3.64. The van der Waals surface area contributed by atoms with Gasteiger partial charge in [0.25, 0.3) is 0 Å². The van der Waals surface area contributed by atoms with Crippen LogP contribution in [0.3, 0.4) is 0 Å². The fourth-order valence-corrected chi connectivity index (χ4v) is 2.30. The van der Waals surface area contributed by atoms with Crippen LogP contribution in [0, 0.1) is 0 Å². The molecule has 0 atom stereocenters. The molecule has 1 aromatic rings. The highest BCUT2D eigenvalue weighted by atomic mass is 16.5. The van der Waals surface area contributed by atoms with Crippen LogP contribution in [0.15, 0.2) is 33.8 Å². The molecule has 0 saturated heterocycles. The maximum absolute atomic E-state index is 12.0. The molecule has 0 aromatic heterocycles. The second-order valence-electron chi connectivity index (χ2n) is 5.19. The van der Waals surface area contributed by atoms with E-state index in [9.17, 15) is 9.59 Å². The van der Waals surface area contributed by atoms with E-state index < -0.39 is 11.9 Å². The van der Waals surface area contributed by atoms with Crippen molar-refractivity contribution in [1.29, 1.82) is 0 Å². The van der Waals surface area contributed by atoms with Crippen LogP contribution in [0.1, 0.15) is 25.0 Å². The minimum atomic E-state index is -0.812. The zero-order valence-electron chi connectivity index (χ0n) is 16.9. The lowest BCUT2D eigenvalue weighted by Crippen LogP contribution is -2.06. The number of azide groups is 2. The van der Waals surface area contributed by atoms with Crippen molar-refractivity contribution in [2.45, 2.75) is 13.8 Å². The number of carbonyl (C=O) groups is 2. The Morgan fingerprint density at radius 2 is 1.23 bits per heavy atom. The van der Waals surface area contributed by atoms with Crippen molar-refractivity contribution >= 4 is 24.1 Å². The topological polar surface area (TPSA) is 169 Å². The van der Waals surface area contributed by atoms with Gasteiger partial charge in [0.05, 0.1) is 27.4 Å². The van der Waals surface area contributed by atoms with Crippen molar-refractivity contribution in [1.82, 2.24) is 0 Å². The molecule has 1 rings (SSSR count).